The molecule has 0 radical (unpaired) electrons. The van der Waals surface area contributed by atoms with E-state index in [1.165, 1.54) is 19.1 Å². The van der Waals surface area contributed by atoms with E-state index in [1.807, 2.05) is 0 Å². The molecular formula is C28H39F3N6O3. The smallest absolute Gasteiger partial charge is 0.387 e. The Hall–Kier alpha value is -3.28. The first-order valence-electron chi connectivity index (χ1n) is 13.5. The lowest BCUT2D eigenvalue weighted by molar-refractivity contribution is -0.130. The SMILES string of the molecule is CC(=O)N1CCC(Oc2ccc(Nc3ncc(F)c(NC4CC(C)(C)N(C)C(C)(C)C4)n3)cc2OC(F)F)CC1. The average molecular weight is 565 g/mol. The van der Waals surface area contributed by atoms with Crippen molar-refractivity contribution in [3.8, 4) is 11.5 Å². The van der Waals surface area contributed by atoms with Crippen LogP contribution in [0.1, 0.15) is 60.3 Å². The molecule has 0 atom stereocenters. The number of benzene rings is 1. The highest BCUT2D eigenvalue weighted by molar-refractivity contribution is 5.73. The molecule has 2 aromatic rings. The summed E-state index contributed by atoms with van der Waals surface area (Å²) in [6.45, 7) is 8.17. The van der Waals surface area contributed by atoms with E-state index in [9.17, 15) is 18.0 Å². The molecule has 40 heavy (non-hydrogen) atoms. The second-order valence-electron chi connectivity index (χ2n) is 11.8. The number of hydrogen-bond acceptors (Lipinski definition) is 8. The van der Waals surface area contributed by atoms with Gasteiger partial charge < -0.3 is 25.0 Å². The van der Waals surface area contributed by atoms with Gasteiger partial charge in [-0.25, -0.2) is 9.37 Å². The van der Waals surface area contributed by atoms with Gasteiger partial charge in [0.25, 0.3) is 0 Å². The molecule has 4 rings (SSSR count). The van der Waals surface area contributed by atoms with Gasteiger partial charge in [0.2, 0.25) is 11.9 Å². The molecule has 2 aliphatic rings. The number of rotatable bonds is 8. The second-order valence-corrected chi connectivity index (χ2v) is 11.8. The molecule has 9 nitrogen and oxygen atoms in total. The molecule has 0 saturated carbocycles. The van der Waals surface area contributed by atoms with Crippen molar-refractivity contribution in [1.29, 1.82) is 0 Å². The van der Waals surface area contributed by atoms with Gasteiger partial charge in [-0.2, -0.15) is 13.8 Å². The Morgan fingerprint density at radius 3 is 2.35 bits per heavy atom. The molecule has 1 amide bonds. The number of aromatic nitrogens is 2. The summed E-state index contributed by atoms with van der Waals surface area (Å²) in [5.41, 5.74) is 0.173. The average Bonchev–Trinajstić information content (AvgIpc) is 2.86. The molecular weight excluding hydrogens is 525 g/mol. The number of carbonyl (C=O) groups is 1. The third-order valence-electron chi connectivity index (χ3n) is 7.99. The molecule has 0 spiro atoms. The van der Waals surface area contributed by atoms with Crippen molar-refractivity contribution >= 4 is 23.4 Å². The van der Waals surface area contributed by atoms with Gasteiger partial charge in [0.1, 0.15) is 6.10 Å². The van der Waals surface area contributed by atoms with E-state index < -0.39 is 12.4 Å². The van der Waals surface area contributed by atoms with Gasteiger partial charge >= 0.3 is 6.61 Å². The van der Waals surface area contributed by atoms with E-state index in [2.05, 4.69) is 60.2 Å². The fraction of sp³-hybridized carbons (Fsp3) is 0.607. The number of likely N-dealkylation sites (tertiary alicyclic amines) is 2. The van der Waals surface area contributed by atoms with Gasteiger partial charge in [0.15, 0.2) is 23.1 Å². The number of amides is 1. The van der Waals surface area contributed by atoms with Crippen LogP contribution in [0.4, 0.5) is 30.6 Å². The minimum absolute atomic E-state index is 0.00371. The number of carbonyl (C=O) groups excluding carboxylic acids is 1. The van der Waals surface area contributed by atoms with E-state index >= 15 is 0 Å². The molecule has 12 heteroatoms. The first-order valence-corrected chi connectivity index (χ1v) is 13.5. The van der Waals surface area contributed by atoms with E-state index in [-0.39, 0.29) is 52.4 Å². The standard InChI is InChI=1S/C28H39F3N6O3/c1-17(38)37-11-9-20(10-12-37)39-22-8-7-18(13-23(22)40-25(30)31)34-26-32-16-21(29)24(35-26)33-19-14-27(2,3)36(6)28(4,5)15-19/h7-8,13,16,19-20,25H,9-12,14-15H2,1-6H3,(H2,32,33,34,35). The number of nitrogens with one attached hydrogen (secondary N) is 2. The van der Waals surface area contributed by atoms with Crippen molar-refractivity contribution in [2.24, 2.45) is 0 Å². The zero-order valence-electron chi connectivity index (χ0n) is 23.9. The van der Waals surface area contributed by atoms with Crippen LogP contribution in [-0.4, -0.2) is 75.6 Å². The molecule has 0 bridgehead atoms. The van der Waals surface area contributed by atoms with Crippen LogP contribution in [0.5, 0.6) is 11.5 Å². The number of nitrogens with zero attached hydrogens (tertiary/aromatic N) is 4. The maximum Gasteiger partial charge on any atom is 0.387 e. The van der Waals surface area contributed by atoms with Crippen LogP contribution in [0.15, 0.2) is 24.4 Å². The maximum atomic E-state index is 14.7. The van der Waals surface area contributed by atoms with Crippen LogP contribution in [0.3, 0.4) is 0 Å². The van der Waals surface area contributed by atoms with Crippen LogP contribution in [0, 0.1) is 5.82 Å². The van der Waals surface area contributed by atoms with Gasteiger partial charge in [-0.3, -0.25) is 9.69 Å². The summed E-state index contributed by atoms with van der Waals surface area (Å²) in [5, 5.41) is 6.20. The predicted molar refractivity (Wildman–Crippen MR) is 147 cm³/mol. The third kappa shape index (κ3) is 7.07. The predicted octanol–water partition coefficient (Wildman–Crippen LogP) is 5.41. The summed E-state index contributed by atoms with van der Waals surface area (Å²) < 4.78 is 51.8. The minimum Gasteiger partial charge on any atom is -0.486 e. The molecule has 1 aromatic carbocycles. The summed E-state index contributed by atoms with van der Waals surface area (Å²) in [4.78, 5) is 24.0. The number of alkyl halides is 2. The zero-order valence-corrected chi connectivity index (χ0v) is 23.9. The van der Waals surface area contributed by atoms with Crippen LogP contribution < -0.4 is 20.1 Å². The van der Waals surface area contributed by atoms with Gasteiger partial charge in [0.05, 0.1) is 6.20 Å². The van der Waals surface area contributed by atoms with E-state index in [4.69, 9.17) is 9.47 Å². The molecule has 3 heterocycles. The molecule has 2 aliphatic heterocycles. The van der Waals surface area contributed by atoms with E-state index in [0.29, 0.717) is 31.6 Å². The van der Waals surface area contributed by atoms with Crippen molar-refractivity contribution in [1.82, 2.24) is 19.8 Å². The number of piperidine rings is 2. The first-order chi connectivity index (χ1) is 18.7. The Balaban J connectivity index is 1.47. The summed E-state index contributed by atoms with van der Waals surface area (Å²) in [6.07, 6.45) is 3.59. The summed E-state index contributed by atoms with van der Waals surface area (Å²) >= 11 is 0. The fourth-order valence-electron chi connectivity index (χ4n) is 5.66. The van der Waals surface area contributed by atoms with E-state index in [1.54, 1.807) is 11.0 Å². The van der Waals surface area contributed by atoms with Crippen LogP contribution in [-0.2, 0) is 4.79 Å². The number of anilines is 3. The second kappa shape index (κ2) is 11.7. The molecule has 1 aromatic heterocycles. The van der Waals surface area contributed by atoms with Gasteiger partial charge in [-0.1, -0.05) is 0 Å². The van der Waals surface area contributed by atoms with Crippen molar-refractivity contribution < 1.29 is 27.4 Å². The fourth-order valence-corrected chi connectivity index (χ4v) is 5.66. The molecule has 220 valence electrons. The van der Waals surface area contributed by atoms with Gasteiger partial charge in [-0.15, -0.1) is 0 Å². The lowest BCUT2D eigenvalue weighted by Gasteiger charge is -2.53. The Labute approximate surface area is 233 Å². The normalized spacial score (nSPS) is 19.9. The Kier molecular flexibility index (Phi) is 8.67. The highest BCUT2D eigenvalue weighted by Crippen LogP contribution is 2.38. The summed E-state index contributed by atoms with van der Waals surface area (Å²) in [7, 11) is 2.10. The van der Waals surface area contributed by atoms with Crippen molar-refractivity contribution in [2.45, 2.75) is 90.1 Å². The topological polar surface area (TPSA) is 91.8 Å². The Morgan fingerprint density at radius 1 is 1.10 bits per heavy atom. The number of halogens is 3. The summed E-state index contributed by atoms with van der Waals surface area (Å²) in [6, 6.07) is 4.51. The van der Waals surface area contributed by atoms with Crippen molar-refractivity contribution in [3.63, 3.8) is 0 Å². The number of ether oxygens (including phenoxy) is 2. The van der Waals surface area contributed by atoms with Crippen LogP contribution in [0.2, 0.25) is 0 Å². The monoisotopic (exact) mass is 564 g/mol. The van der Waals surface area contributed by atoms with Gasteiger partial charge in [-0.05, 0) is 59.7 Å². The summed E-state index contributed by atoms with van der Waals surface area (Å²) in [5.74, 6) is -0.396. The van der Waals surface area contributed by atoms with Gasteiger partial charge in [0, 0.05) is 61.7 Å². The number of hydrogen-bond donors (Lipinski definition) is 2. The Bertz CT molecular complexity index is 1190. The zero-order chi connectivity index (χ0) is 29.2. The van der Waals surface area contributed by atoms with Crippen molar-refractivity contribution in [2.75, 3.05) is 30.8 Å². The molecule has 2 N–H and O–H groups in total. The first kappa shape index (κ1) is 29.7. The molecule has 2 saturated heterocycles. The van der Waals surface area contributed by atoms with E-state index in [0.717, 1.165) is 19.0 Å². The van der Waals surface area contributed by atoms with Crippen LogP contribution in [0.25, 0.3) is 0 Å². The molecule has 0 unspecified atom stereocenters. The largest absolute Gasteiger partial charge is 0.486 e. The third-order valence-corrected chi connectivity index (χ3v) is 7.99. The maximum absolute atomic E-state index is 14.7. The minimum atomic E-state index is -3.06. The molecule has 0 aliphatic carbocycles. The highest BCUT2D eigenvalue weighted by atomic mass is 19.3. The Morgan fingerprint density at radius 2 is 1.75 bits per heavy atom. The van der Waals surface area contributed by atoms with Crippen molar-refractivity contribution in [3.05, 3.63) is 30.2 Å². The quantitative estimate of drug-likeness (QED) is 0.440. The molecule has 2 fully saturated rings. The lowest BCUT2D eigenvalue weighted by Crippen LogP contribution is -2.61. The highest BCUT2D eigenvalue weighted by Gasteiger charge is 2.43. The van der Waals surface area contributed by atoms with Crippen LogP contribution >= 0.6 is 0 Å². The lowest BCUT2D eigenvalue weighted by atomic mass is 9.77.